The summed E-state index contributed by atoms with van der Waals surface area (Å²) in [5.41, 5.74) is 8.69. The van der Waals surface area contributed by atoms with E-state index in [0.29, 0.717) is 0 Å². The topological polar surface area (TPSA) is 40.2 Å². The molecular formula is C17H22N2O. The molecule has 0 bridgehead atoms. The second kappa shape index (κ2) is 5.71. The van der Waals surface area contributed by atoms with Crippen LogP contribution in [0.2, 0.25) is 0 Å². The van der Waals surface area contributed by atoms with Crippen LogP contribution in [-0.4, -0.2) is 16.7 Å². The molecule has 2 heterocycles. The van der Waals surface area contributed by atoms with Crippen molar-refractivity contribution in [2.75, 3.05) is 0 Å². The molecule has 1 aromatic carbocycles. The van der Waals surface area contributed by atoms with Crippen molar-refractivity contribution in [1.29, 1.82) is 0 Å². The Kier molecular flexibility index (Phi) is 3.79. The number of fused-ring (bicyclic) bond motifs is 1. The van der Waals surface area contributed by atoms with Crippen LogP contribution < -0.4 is 10.5 Å². The summed E-state index contributed by atoms with van der Waals surface area (Å²) < 4.78 is 8.30. The lowest BCUT2D eigenvalue weighted by Gasteiger charge is -2.16. The Hall–Kier alpha value is -1.74. The molecule has 2 unspecified atom stereocenters. The van der Waals surface area contributed by atoms with Gasteiger partial charge in [0, 0.05) is 30.8 Å². The number of para-hydroxylation sites is 1. The Morgan fingerprint density at radius 1 is 1.30 bits per heavy atom. The van der Waals surface area contributed by atoms with Crippen molar-refractivity contribution in [3.05, 3.63) is 53.9 Å². The third-order valence-electron chi connectivity index (χ3n) is 4.03. The summed E-state index contributed by atoms with van der Waals surface area (Å²) in [5.74, 6) is 1.04. The molecule has 0 amide bonds. The van der Waals surface area contributed by atoms with Crippen LogP contribution in [0.15, 0.2) is 42.6 Å². The lowest BCUT2D eigenvalue weighted by atomic mass is 10.1. The first-order chi connectivity index (χ1) is 9.76. The summed E-state index contributed by atoms with van der Waals surface area (Å²) in [5, 5.41) is 0. The minimum atomic E-state index is 0.233. The smallest absolute Gasteiger partial charge is 0.123 e. The number of benzene rings is 1. The molecule has 0 saturated carbocycles. The highest BCUT2D eigenvalue weighted by atomic mass is 16.5. The van der Waals surface area contributed by atoms with Gasteiger partial charge in [-0.1, -0.05) is 25.1 Å². The second-order valence-corrected chi connectivity index (χ2v) is 5.58. The van der Waals surface area contributed by atoms with Crippen LogP contribution in [-0.2, 0) is 19.4 Å². The normalized spacial score (nSPS) is 18.6. The first kappa shape index (κ1) is 13.3. The van der Waals surface area contributed by atoms with Gasteiger partial charge in [-0.25, -0.2) is 0 Å². The number of aromatic nitrogens is 1. The number of nitrogens with zero attached hydrogens (tertiary/aromatic N) is 1. The molecule has 2 atom stereocenters. The van der Waals surface area contributed by atoms with Gasteiger partial charge >= 0.3 is 0 Å². The molecule has 3 heteroatoms. The van der Waals surface area contributed by atoms with Crippen LogP contribution in [0.5, 0.6) is 5.75 Å². The Labute approximate surface area is 120 Å². The largest absolute Gasteiger partial charge is 0.488 e. The Morgan fingerprint density at radius 2 is 2.15 bits per heavy atom. The van der Waals surface area contributed by atoms with Gasteiger partial charge in [-0.2, -0.15) is 0 Å². The van der Waals surface area contributed by atoms with Crippen molar-refractivity contribution < 1.29 is 4.74 Å². The molecule has 2 N–H and O–H groups in total. The fourth-order valence-electron chi connectivity index (χ4n) is 2.80. The number of hydrogen-bond donors (Lipinski definition) is 1. The molecule has 1 aromatic heterocycles. The summed E-state index contributed by atoms with van der Waals surface area (Å²) in [6.07, 6.45) is 5.30. The third kappa shape index (κ3) is 2.73. The quantitative estimate of drug-likeness (QED) is 0.907. The van der Waals surface area contributed by atoms with Crippen molar-refractivity contribution in [3.8, 4) is 5.75 Å². The summed E-state index contributed by atoms with van der Waals surface area (Å²) >= 11 is 0. The summed E-state index contributed by atoms with van der Waals surface area (Å²) in [4.78, 5) is 0. The van der Waals surface area contributed by atoms with Gasteiger partial charge in [-0.15, -0.1) is 0 Å². The number of ether oxygens (including phenoxy) is 1. The van der Waals surface area contributed by atoms with E-state index in [0.717, 1.165) is 31.6 Å². The lowest BCUT2D eigenvalue weighted by Crippen LogP contribution is -2.26. The van der Waals surface area contributed by atoms with Crippen LogP contribution in [0.1, 0.15) is 24.6 Å². The molecule has 0 spiro atoms. The van der Waals surface area contributed by atoms with E-state index in [9.17, 15) is 0 Å². The average Bonchev–Trinajstić information content (AvgIpc) is 3.05. The van der Waals surface area contributed by atoms with E-state index < -0.39 is 0 Å². The monoisotopic (exact) mass is 270 g/mol. The van der Waals surface area contributed by atoms with Crippen LogP contribution in [0.3, 0.4) is 0 Å². The second-order valence-electron chi connectivity index (χ2n) is 5.58. The first-order valence-electron chi connectivity index (χ1n) is 7.40. The summed E-state index contributed by atoms with van der Waals surface area (Å²) in [6, 6.07) is 12.8. The molecule has 2 aromatic rings. The van der Waals surface area contributed by atoms with E-state index in [1.54, 1.807) is 0 Å². The first-order valence-corrected chi connectivity index (χ1v) is 7.40. The van der Waals surface area contributed by atoms with Gasteiger partial charge in [0.2, 0.25) is 0 Å². The van der Waals surface area contributed by atoms with Crippen LogP contribution in [0.25, 0.3) is 0 Å². The van der Waals surface area contributed by atoms with Gasteiger partial charge in [0.25, 0.3) is 0 Å². The zero-order valence-electron chi connectivity index (χ0n) is 12.0. The van der Waals surface area contributed by atoms with Gasteiger partial charge in [0.1, 0.15) is 11.9 Å². The Balaban J connectivity index is 1.67. The lowest BCUT2D eigenvalue weighted by molar-refractivity contribution is 0.208. The molecule has 1 aliphatic heterocycles. The van der Waals surface area contributed by atoms with Crippen molar-refractivity contribution in [3.63, 3.8) is 0 Å². The highest BCUT2D eigenvalue weighted by Crippen LogP contribution is 2.29. The minimum Gasteiger partial charge on any atom is -0.488 e. The molecule has 1 aliphatic rings. The van der Waals surface area contributed by atoms with Crippen LogP contribution in [0, 0.1) is 0 Å². The standard InChI is InChI=1S/C17H22N2O/c1-2-14(18)11-15-7-5-9-19(15)12-16-10-13-6-3-4-8-17(13)20-16/h3-9,14,16H,2,10-12,18H2,1H3. The molecule has 3 nitrogen and oxygen atoms in total. The van der Waals surface area contributed by atoms with Gasteiger partial charge in [-0.05, 0) is 30.2 Å². The third-order valence-corrected chi connectivity index (χ3v) is 4.03. The fourth-order valence-corrected chi connectivity index (χ4v) is 2.80. The maximum absolute atomic E-state index is 6.07. The summed E-state index contributed by atoms with van der Waals surface area (Å²) in [7, 11) is 0. The zero-order chi connectivity index (χ0) is 13.9. The molecule has 0 aliphatic carbocycles. The molecule has 0 saturated heterocycles. The van der Waals surface area contributed by atoms with E-state index in [4.69, 9.17) is 10.5 Å². The highest BCUT2D eigenvalue weighted by molar-refractivity contribution is 5.37. The van der Waals surface area contributed by atoms with E-state index in [1.807, 2.05) is 6.07 Å². The van der Waals surface area contributed by atoms with E-state index >= 15 is 0 Å². The number of rotatable bonds is 5. The molecule has 106 valence electrons. The zero-order valence-corrected chi connectivity index (χ0v) is 12.0. The van der Waals surface area contributed by atoms with E-state index in [-0.39, 0.29) is 12.1 Å². The highest BCUT2D eigenvalue weighted by Gasteiger charge is 2.23. The Bertz CT molecular complexity index is 551. The average molecular weight is 270 g/mol. The Morgan fingerprint density at radius 3 is 2.95 bits per heavy atom. The van der Waals surface area contributed by atoms with Crippen LogP contribution >= 0.6 is 0 Å². The minimum absolute atomic E-state index is 0.233. The number of hydrogen-bond acceptors (Lipinski definition) is 2. The SMILES string of the molecule is CCC(N)Cc1cccn1CC1Cc2ccccc2O1. The van der Waals surface area contributed by atoms with Crippen molar-refractivity contribution >= 4 is 0 Å². The predicted octanol–water partition coefficient (Wildman–Crippen LogP) is 2.77. The van der Waals surface area contributed by atoms with Gasteiger partial charge < -0.3 is 15.0 Å². The molecule has 3 rings (SSSR count). The molecule has 0 fully saturated rings. The van der Waals surface area contributed by atoms with Crippen LogP contribution in [0.4, 0.5) is 0 Å². The summed E-state index contributed by atoms with van der Waals surface area (Å²) in [6.45, 7) is 3.03. The predicted molar refractivity (Wildman–Crippen MR) is 81.0 cm³/mol. The number of nitrogens with two attached hydrogens (primary N) is 1. The maximum Gasteiger partial charge on any atom is 0.123 e. The van der Waals surface area contributed by atoms with E-state index in [2.05, 4.69) is 48.0 Å². The molecular weight excluding hydrogens is 248 g/mol. The molecule has 0 radical (unpaired) electrons. The van der Waals surface area contributed by atoms with Crippen molar-refractivity contribution in [2.24, 2.45) is 5.73 Å². The van der Waals surface area contributed by atoms with E-state index in [1.165, 1.54) is 11.3 Å². The fraction of sp³-hybridized carbons (Fsp3) is 0.412. The van der Waals surface area contributed by atoms with Gasteiger partial charge in [-0.3, -0.25) is 0 Å². The maximum atomic E-state index is 6.07. The molecule has 20 heavy (non-hydrogen) atoms. The van der Waals surface area contributed by atoms with Crippen molar-refractivity contribution in [1.82, 2.24) is 4.57 Å². The van der Waals surface area contributed by atoms with Gasteiger partial charge in [0.15, 0.2) is 0 Å². The van der Waals surface area contributed by atoms with Crippen molar-refractivity contribution in [2.45, 2.75) is 44.9 Å². The van der Waals surface area contributed by atoms with Gasteiger partial charge in [0.05, 0.1) is 6.54 Å².